The van der Waals surface area contributed by atoms with Gasteiger partial charge in [0.1, 0.15) is 5.75 Å². The van der Waals surface area contributed by atoms with Gasteiger partial charge in [-0.15, -0.1) is 11.3 Å². The molecular weight excluding hydrogens is 387 g/mol. The minimum absolute atomic E-state index is 0.107. The van der Waals surface area contributed by atoms with Crippen LogP contribution in [0.15, 0.2) is 65.1 Å². The van der Waals surface area contributed by atoms with Crippen LogP contribution < -0.4 is 4.74 Å². The molecule has 2 aliphatic heterocycles. The van der Waals surface area contributed by atoms with Crippen LogP contribution in [0.1, 0.15) is 34.7 Å². The lowest BCUT2D eigenvalue weighted by atomic mass is 9.97. The molecule has 0 fully saturated rings. The normalized spacial score (nSPS) is 21.0. The topological polar surface area (TPSA) is 24.8 Å². The highest BCUT2D eigenvalue weighted by Crippen LogP contribution is 2.48. The standard InChI is InChI=1S/C20H14Cl2N2OS/c21-13-5-3-12(4-6-13)20-24-17(11-16(23-24)19-2-1-9-26-19)15-10-14(22)7-8-18(15)25-20/h1-10,17,20H,11H2. The van der Waals surface area contributed by atoms with E-state index in [2.05, 4.69) is 22.5 Å². The number of halogens is 2. The van der Waals surface area contributed by atoms with E-state index < -0.39 is 0 Å². The third-order valence-corrected chi connectivity index (χ3v) is 6.12. The third-order valence-electron chi connectivity index (χ3n) is 4.71. The first kappa shape index (κ1) is 16.2. The maximum atomic E-state index is 6.31. The van der Waals surface area contributed by atoms with Gasteiger partial charge in [-0.1, -0.05) is 41.4 Å². The second-order valence-electron chi connectivity index (χ2n) is 6.33. The number of hydrogen-bond donors (Lipinski definition) is 0. The van der Waals surface area contributed by atoms with E-state index in [1.54, 1.807) is 11.3 Å². The number of nitrogens with zero attached hydrogens (tertiary/aromatic N) is 2. The largest absolute Gasteiger partial charge is 0.464 e. The molecule has 0 bridgehead atoms. The molecule has 0 amide bonds. The van der Waals surface area contributed by atoms with Crippen molar-refractivity contribution in [2.24, 2.45) is 5.10 Å². The fourth-order valence-corrected chi connectivity index (χ4v) is 4.52. The number of benzene rings is 2. The first-order valence-corrected chi connectivity index (χ1v) is 9.94. The van der Waals surface area contributed by atoms with Gasteiger partial charge >= 0.3 is 0 Å². The van der Waals surface area contributed by atoms with Crippen LogP contribution in [-0.4, -0.2) is 10.7 Å². The van der Waals surface area contributed by atoms with E-state index in [9.17, 15) is 0 Å². The molecule has 0 spiro atoms. The van der Waals surface area contributed by atoms with Crippen molar-refractivity contribution in [2.45, 2.75) is 18.7 Å². The number of hydrogen-bond acceptors (Lipinski definition) is 4. The highest BCUT2D eigenvalue weighted by molar-refractivity contribution is 7.12. The zero-order valence-corrected chi connectivity index (χ0v) is 15.9. The van der Waals surface area contributed by atoms with Gasteiger partial charge in [-0.2, -0.15) is 5.10 Å². The summed E-state index contributed by atoms with van der Waals surface area (Å²) in [4.78, 5) is 1.19. The lowest BCUT2D eigenvalue weighted by molar-refractivity contribution is -0.0190. The number of fused-ring (bicyclic) bond motifs is 3. The Balaban J connectivity index is 1.61. The van der Waals surface area contributed by atoms with Gasteiger partial charge < -0.3 is 4.74 Å². The molecule has 3 nitrogen and oxygen atoms in total. The summed E-state index contributed by atoms with van der Waals surface area (Å²) in [5.74, 6) is 0.859. The molecule has 2 atom stereocenters. The van der Waals surface area contributed by atoms with Crippen molar-refractivity contribution in [3.8, 4) is 5.75 Å². The van der Waals surface area contributed by atoms with E-state index in [0.29, 0.717) is 10.0 Å². The molecule has 6 heteroatoms. The number of hydrazone groups is 1. The van der Waals surface area contributed by atoms with Crippen LogP contribution in [0, 0.1) is 0 Å². The van der Waals surface area contributed by atoms with Crippen molar-refractivity contribution in [1.82, 2.24) is 5.01 Å². The molecule has 0 radical (unpaired) electrons. The summed E-state index contributed by atoms with van der Waals surface area (Å²) in [5.41, 5.74) is 3.19. The average molecular weight is 401 g/mol. The van der Waals surface area contributed by atoms with Crippen LogP contribution in [-0.2, 0) is 0 Å². The molecule has 0 aliphatic carbocycles. The molecule has 130 valence electrons. The first-order chi connectivity index (χ1) is 12.7. The zero-order valence-electron chi connectivity index (χ0n) is 13.6. The molecule has 0 saturated carbocycles. The second-order valence-corrected chi connectivity index (χ2v) is 8.15. The van der Waals surface area contributed by atoms with Crippen molar-refractivity contribution in [1.29, 1.82) is 0 Å². The quantitative estimate of drug-likeness (QED) is 0.504. The molecule has 5 rings (SSSR count). The molecule has 1 aromatic heterocycles. The molecular formula is C20H14Cl2N2OS. The second kappa shape index (κ2) is 6.31. The molecule has 3 heterocycles. The average Bonchev–Trinajstić information content (AvgIpc) is 3.32. The Morgan fingerprint density at radius 1 is 1.04 bits per heavy atom. The molecule has 2 aromatic carbocycles. The third kappa shape index (κ3) is 2.69. The van der Waals surface area contributed by atoms with E-state index in [0.717, 1.165) is 29.0 Å². The summed E-state index contributed by atoms with van der Waals surface area (Å²) in [5, 5.41) is 10.5. The van der Waals surface area contributed by atoms with Crippen molar-refractivity contribution in [2.75, 3.05) is 0 Å². The Kier molecular flexibility index (Phi) is 3.92. The van der Waals surface area contributed by atoms with Crippen molar-refractivity contribution >= 4 is 40.3 Å². The van der Waals surface area contributed by atoms with Crippen LogP contribution >= 0.6 is 34.5 Å². The summed E-state index contributed by atoms with van der Waals surface area (Å²) in [6.45, 7) is 0. The smallest absolute Gasteiger partial charge is 0.213 e. The highest BCUT2D eigenvalue weighted by atomic mass is 35.5. The SMILES string of the molecule is Clc1ccc(C2Oc3ccc(Cl)cc3C3CC(c4cccs4)=NN32)cc1. The monoisotopic (exact) mass is 400 g/mol. The summed E-state index contributed by atoms with van der Waals surface area (Å²) < 4.78 is 6.31. The fraction of sp³-hybridized carbons (Fsp3) is 0.150. The van der Waals surface area contributed by atoms with E-state index in [1.165, 1.54) is 4.88 Å². The predicted molar refractivity (Wildman–Crippen MR) is 106 cm³/mol. The summed E-state index contributed by atoms with van der Waals surface area (Å²) in [7, 11) is 0. The van der Waals surface area contributed by atoms with E-state index in [1.807, 2.05) is 42.5 Å². The molecule has 3 aromatic rings. The van der Waals surface area contributed by atoms with Gasteiger partial charge in [0, 0.05) is 27.6 Å². The van der Waals surface area contributed by atoms with Gasteiger partial charge in [0.05, 0.1) is 16.6 Å². The van der Waals surface area contributed by atoms with E-state index >= 15 is 0 Å². The Labute approximate surface area is 165 Å². The molecule has 2 aliphatic rings. The maximum absolute atomic E-state index is 6.31. The van der Waals surface area contributed by atoms with Crippen LogP contribution in [0.4, 0.5) is 0 Å². The van der Waals surface area contributed by atoms with Crippen LogP contribution in [0.2, 0.25) is 10.0 Å². The number of ether oxygens (including phenoxy) is 1. The predicted octanol–water partition coefficient (Wildman–Crippen LogP) is 6.30. The van der Waals surface area contributed by atoms with Gasteiger partial charge in [0.15, 0.2) is 0 Å². The number of thiophene rings is 1. The summed E-state index contributed by atoms with van der Waals surface area (Å²) in [6.07, 6.45) is 0.546. The maximum Gasteiger partial charge on any atom is 0.213 e. The van der Waals surface area contributed by atoms with Crippen molar-refractivity contribution in [3.63, 3.8) is 0 Å². The minimum Gasteiger partial charge on any atom is -0.464 e. The van der Waals surface area contributed by atoms with Gasteiger partial charge in [0.25, 0.3) is 0 Å². The molecule has 26 heavy (non-hydrogen) atoms. The molecule has 0 saturated heterocycles. The molecule has 0 N–H and O–H groups in total. The van der Waals surface area contributed by atoms with E-state index in [-0.39, 0.29) is 12.3 Å². The van der Waals surface area contributed by atoms with Gasteiger partial charge in [-0.25, -0.2) is 5.01 Å². The van der Waals surface area contributed by atoms with Crippen LogP contribution in [0.5, 0.6) is 5.75 Å². The van der Waals surface area contributed by atoms with Crippen LogP contribution in [0.25, 0.3) is 0 Å². The Bertz CT molecular complexity index is 986. The van der Waals surface area contributed by atoms with Crippen LogP contribution in [0.3, 0.4) is 0 Å². The summed E-state index contributed by atoms with van der Waals surface area (Å²) in [6, 6.07) is 17.8. The van der Waals surface area contributed by atoms with Gasteiger partial charge in [-0.05, 0) is 41.8 Å². The number of rotatable bonds is 2. The Morgan fingerprint density at radius 2 is 1.85 bits per heavy atom. The lowest BCUT2D eigenvalue weighted by Crippen LogP contribution is -2.33. The lowest BCUT2D eigenvalue weighted by Gasteiger charge is -2.38. The van der Waals surface area contributed by atoms with E-state index in [4.69, 9.17) is 33.0 Å². The van der Waals surface area contributed by atoms with Crippen molar-refractivity contribution < 1.29 is 4.74 Å². The zero-order chi connectivity index (χ0) is 17.7. The minimum atomic E-state index is -0.289. The van der Waals surface area contributed by atoms with Gasteiger partial charge in [-0.3, -0.25) is 0 Å². The molecule has 2 unspecified atom stereocenters. The van der Waals surface area contributed by atoms with Gasteiger partial charge in [0.2, 0.25) is 6.23 Å². The Hall–Kier alpha value is -2.01. The fourth-order valence-electron chi connectivity index (χ4n) is 3.50. The summed E-state index contributed by atoms with van der Waals surface area (Å²) >= 11 is 14.0. The van der Waals surface area contributed by atoms with Crippen molar-refractivity contribution in [3.05, 3.63) is 86.0 Å². The Morgan fingerprint density at radius 3 is 2.62 bits per heavy atom. The first-order valence-electron chi connectivity index (χ1n) is 8.30. The highest BCUT2D eigenvalue weighted by Gasteiger charge is 2.41.